The largest absolute Gasteiger partial charge is 0.480 e. The zero-order valence-electron chi connectivity index (χ0n) is 18.8. The quantitative estimate of drug-likeness (QED) is 0.563. The molecule has 4 rings (SSSR count). The maximum absolute atomic E-state index is 12.7. The summed E-state index contributed by atoms with van der Waals surface area (Å²) in [5.74, 6) is -1.34. The van der Waals surface area contributed by atoms with Gasteiger partial charge in [-0.3, -0.25) is 9.59 Å². The van der Waals surface area contributed by atoms with Crippen LogP contribution in [0.15, 0.2) is 48.5 Å². The van der Waals surface area contributed by atoms with Crippen LogP contribution < -0.4 is 10.6 Å². The zero-order valence-corrected chi connectivity index (χ0v) is 18.8. The number of fused-ring (bicyclic) bond motifs is 3. The minimum Gasteiger partial charge on any atom is -0.480 e. The predicted octanol–water partition coefficient (Wildman–Crippen LogP) is 4.06. The highest BCUT2D eigenvalue weighted by molar-refractivity contribution is 5.84. The van der Waals surface area contributed by atoms with Crippen LogP contribution >= 0.6 is 0 Å². The lowest BCUT2D eigenvalue weighted by Crippen LogP contribution is -2.46. The van der Waals surface area contributed by atoms with E-state index < -0.39 is 18.1 Å². The summed E-state index contributed by atoms with van der Waals surface area (Å²) in [7, 11) is 0. The molecule has 1 unspecified atom stereocenters. The topological polar surface area (TPSA) is 105 Å². The maximum Gasteiger partial charge on any atom is 0.407 e. The first-order chi connectivity index (χ1) is 15.9. The first kappa shape index (κ1) is 22.8. The van der Waals surface area contributed by atoms with E-state index in [1.807, 2.05) is 24.3 Å². The highest BCUT2D eigenvalue weighted by Crippen LogP contribution is 2.44. The van der Waals surface area contributed by atoms with Crippen molar-refractivity contribution < 1.29 is 24.2 Å². The first-order valence-electron chi connectivity index (χ1n) is 11.6. The lowest BCUT2D eigenvalue weighted by molar-refractivity contribution is -0.141. The summed E-state index contributed by atoms with van der Waals surface area (Å²) in [5.41, 5.74) is 4.60. The maximum atomic E-state index is 12.7. The lowest BCUT2D eigenvalue weighted by atomic mass is 9.95. The molecule has 0 bridgehead atoms. The van der Waals surface area contributed by atoms with Gasteiger partial charge in [0.05, 0.1) is 0 Å². The third kappa shape index (κ3) is 5.18. The van der Waals surface area contributed by atoms with Gasteiger partial charge < -0.3 is 20.5 Å². The minimum atomic E-state index is -1.09. The van der Waals surface area contributed by atoms with E-state index >= 15 is 0 Å². The fourth-order valence-electron chi connectivity index (χ4n) is 5.05. The van der Waals surface area contributed by atoms with E-state index in [1.54, 1.807) is 0 Å². The number of carbonyl (C=O) groups is 3. The second-order valence-electron chi connectivity index (χ2n) is 8.95. The second-order valence-corrected chi connectivity index (χ2v) is 8.95. The molecule has 0 saturated heterocycles. The average Bonchev–Trinajstić information content (AvgIpc) is 3.44. The summed E-state index contributed by atoms with van der Waals surface area (Å²) >= 11 is 0. The number of ether oxygens (including phenoxy) is 1. The molecule has 1 fully saturated rings. The summed E-state index contributed by atoms with van der Waals surface area (Å²) in [6, 6.07) is 14.9. The molecule has 0 heterocycles. The van der Waals surface area contributed by atoms with E-state index in [0.717, 1.165) is 47.9 Å². The molecule has 2 aromatic carbocycles. The Bertz CT molecular complexity index is 985. The van der Waals surface area contributed by atoms with Crippen LogP contribution in [-0.2, 0) is 14.3 Å². The van der Waals surface area contributed by atoms with Crippen LogP contribution in [0.1, 0.15) is 56.1 Å². The number of aliphatic carboxylic acids is 1. The number of amides is 2. The van der Waals surface area contributed by atoms with Gasteiger partial charge >= 0.3 is 12.1 Å². The zero-order chi connectivity index (χ0) is 23.4. The van der Waals surface area contributed by atoms with Crippen molar-refractivity contribution >= 4 is 18.0 Å². The Hall–Kier alpha value is -3.35. The van der Waals surface area contributed by atoms with Crippen molar-refractivity contribution in [2.45, 2.75) is 57.0 Å². The van der Waals surface area contributed by atoms with E-state index in [2.05, 4.69) is 34.9 Å². The fourth-order valence-corrected chi connectivity index (χ4v) is 5.05. The lowest BCUT2D eigenvalue weighted by Gasteiger charge is -2.25. The van der Waals surface area contributed by atoms with E-state index in [1.165, 1.54) is 6.92 Å². The summed E-state index contributed by atoms with van der Waals surface area (Å²) in [4.78, 5) is 36.2. The van der Waals surface area contributed by atoms with Crippen LogP contribution in [0.3, 0.4) is 0 Å². The molecule has 2 aliphatic carbocycles. The smallest absolute Gasteiger partial charge is 0.407 e. The van der Waals surface area contributed by atoms with Gasteiger partial charge in [-0.15, -0.1) is 0 Å². The van der Waals surface area contributed by atoms with E-state index in [0.29, 0.717) is 0 Å². The van der Waals surface area contributed by atoms with Gasteiger partial charge in [-0.1, -0.05) is 61.4 Å². The number of nitrogens with one attached hydrogen (secondary N) is 2. The van der Waals surface area contributed by atoms with E-state index in [9.17, 15) is 14.4 Å². The molecule has 1 saturated carbocycles. The van der Waals surface area contributed by atoms with Crippen LogP contribution in [0.25, 0.3) is 11.1 Å². The Morgan fingerprint density at radius 1 is 0.970 bits per heavy atom. The van der Waals surface area contributed by atoms with Crippen molar-refractivity contribution in [3.63, 3.8) is 0 Å². The molecule has 0 spiro atoms. The van der Waals surface area contributed by atoms with Gasteiger partial charge in [-0.25, -0.2) is 4.79 Å². The monoisotopic (exact) mass is 450 g/mol. The Morgan fingerprint density at radius 2 is 1.55 bits per heavy atom. The Balaban J connectivity index is 1.40. The number of carboxylic acid groups (broad SMARTS) is 1. The van der Waals surface area contributed by atoms with Crippen molar-refractivity contribution in [2.24, 2.45) is 5.92 Å². The molecule has 2 amide bonds. The fraction of sp³-hybridized carbons (Fsp3) is 0.423. The molecule has 0 aromatic heterocycles. The Labute approximate surface area is 193 Å². The number of carbonyl (C=O) groups excluding carboxylic acids is 2. The van der Waals surface area contributed by atoms with Crippen molar-refractivity contribution in [3.05, 3.63) is 59.7 Å². The van der Waals surface area contributed by atoms with Gasteiger partial charge in [-0.2, -0.15) is 0 Å². The summed E-state index contributed by atoms with van der Waals surface area (Å²) in [6.45, 7) is 1.63. The number of carboxylic acids is 1. The molecule has 0 aliphatic heterocycles. The van der Waals surface area contributed by atoms with Gasteiger partial charge in [0.1, 0.15) is 12.6 Å². The molecule has 0 radical (unpaired) electrons. The average molecular weight is 451 g/mol. The van der Waals surface area contributed by atoms with E-state index in [-0.39, 0.29) is 36.8 Å². The van der Waals surface area contributed by atoms with Crippen LogP contribution in [0.4, 0.5) is 4.79 Å². The molecular formula is C26H30N2O5. The highest BCUT2D eigenvalue weighted by Gasteiger charge is 2.32. The van der Waals surface area contributed by atoms with Gasteiger partial charge in [0.15, 0.2) is 0 Å². The van der Waals surface area contributed by atoms with Gasteiger partial charge in [0.2, 0.25) is 5.91 Å². The number of hydrogen-bond donors (Lipinski definition) is 3. The van der Waals surface area contributed by atoms with Crippen molar-refractivity contribution in [1.29, 1.82) is 0 Å². The molecule has 174 valence electrons. The van der Waals surface area contributed by atoms with Crippen molar-refractivity contribution in [1.82, 2.24) is 10.6 Å². The number of rotatable bonds is 8. The Kier molecular flexibility index (Phi) is 6.96. The third-order valence-electron chi connectivity index (χ3n) is 6.77. The van der Waals surface area contributed by atoms with E-state index in [4.69, 9.17) is 9.84 Å². The van der Waals surface area contributed by atoms with Gasteiger partial charge in [0.25, 0.3) is 0 Å². The van der Waals surface area contributed by atoms with Crippen LogP contribution in [-0.4, -0.2) is 41.8 Å². The standard InChI is InChI=1S/C26H30N2O5/c1-16(25(30)31)27-24(29)14-23(17-8-2-3-9-17)28-26(32)33-15-22-20-12-6-4-10-18(20)19-11-5-7-13-21(19)22/h4-7,10-13,16-17,22-23H,2-3,8-9,14-15H2,1H3,(H,27,29)(H,28,32)(H,30,31)/t16-,23?/m1/s1. The molecule has 33 heavy (non-hydrogen) atoms. The van der Waals surface area contributed by atoms with Gasteiger partial charge in [0, 0.05) is 18.4 Å². The van der Waals surface area contributed by atoms with Crippen LogP contribution in [0.5, 0.6) is 0 Å². The summed E-state index contributed by atoms with van der Waals surface area (Å²) < 4.78 is 5.65. The molecule has 7 heteroatoms. The molecule has 2 aliphatic rings. The third-order valence-corrected chi connectivity index (χ3v) is 6.77. The number of hydrogen-bond acceptors (Lipinski definition) is 4. The van der Waals surface area contributed by atoms with Crippen LogP contribution in [0.2, 0.25) is 0 Å². The van der Waals surface area contributed by atoms with Gasteiger partial charge in [-0.05, 0) is 47.9 Å². The molecular weight excluding hydrogens is 420 g/mol. The first-order valence-corrected chi connectivity index (χ1v) is 11.6. The number of alkyl carbamates (subject to hydrolysis) is 1. The molecule has 7 nitrogen and oxygen atoms in total. The van der Waals surface area contributed by atoms with Crippen molar-refractivity contribution in [2.75, 3.05) is 6.61 Å². The number of benzene rings is 2. The highest BCUT2D eigenvalue weighted by atomic mass is 16.5. The SMILES string of the molecule is C[C@@H](NC(=O)CC(NC(=O)OCC1c2ccccc2-c2ccccc21)C1CCCC1)C(=O)O. The predicted molar refractivity (Wildman–Crippen MR) is 124 cm³/mol. The molecule has 3 N–H and O–H groups in total. The summed E-state index contributed by atoms with van der Waals surface area (Å²) in [5, 5.41) is 14.4. The van der Waals surface area contributed by atoms with Crippen molar-refractivity contribution in [3.8, 4) is 11.1 Å². The summed E-state index contributed by atoms with van der Waals surface area (Å²) in [6.07, 6.45) is 3.45. The minimum absolute atomic E-state index is 0.0342. The normalized spacial score (nSPS) is 17.0. The van der Waals surface area contributed by atoms with Crippen LogP contribution in [0, 0.1) is 5.92 Å². The molecule has 2 atom stereocenters. The second kappa shape index (κ2) is 10.1. The Morgan fingerprint density at radius 3 is 2.12 bits per heavy atom. The molecule has 2 aromatic rings.